The van der Waals surface area contributed by atoms with Gasteiger partial charge in [-0.1, -0.05) is 17.7 Å². The van der Waals surface area contributed by atoms with Gasteiger partial charge in [-0.2, -0.15) is 0 Å². The van der Waals surface area contributed by atoms with Gasteiger partial charge in [-0.15, -0.1) is 0 Å². The van der Waals surface area contributed by atoms with Crippen LogP contribution in [0.1, 0.15) is 24.3 Å². The smallest absolute Gasteiger partial charge is 0.322 e. The van der Waals surface area contributed by atoms with Crippen molar-refractivity contribution in [3.63, 3.8) is 0 Å². The summed E-state index contributed by atoms with van der Waals surface area (Å²) in [5.41, 5.74) is 1.78. The maximum Gasteiger partial charge on any atom is 0.322 e. The third-order valence-corrected chi connectivity index (χ3v) is 5.03. The molecule has 0 saturated carbocycles. The Morgan fingerprint density at radius 3 is 2.72 bits per heavy atom. The lowest BCUT2D eigenvalue weighted by molar-refractivity contribution is -0.138. The lowest BCUT2D eigenvalue weighted by Crippen LogP contribution is -2.43. The topological polar surface area (TPSA) is 98.7 Å². The van der Waals surface area contributed by atoms with Gasteiger partial charge < -0.3 is 15.7 Å². The van der Waals surface area contributed by atoms with Gasteiger partial charge in [0.15, 0.2) is 0 Å². The number of piperidine rings is 1. The molecule has 1 fully saturated rings. The first-order chi connectivity index (χ1) is 11.9. The predicted octanol–water partition coefficient (Wildman–Crippen LogP) is 1.29. The van der Waals surface area contributed by atoms with Gasteiger partial charge >= 0.3 is 5.97 Å². The Morgan fingerprint density at radius 2 is 2.04 bits per heavy atom. The number of carboxylic acids is 1. The molecule has 0 aromatic heterocycles. The molecule has 1 saturated heterocycles. The van der Waals surface area contributed by atoms with Gasteiger partial charge in [0.1, 0.15) is 6.54 Å². The molecule has 2 aliphatic rings. The van der Waals surface area contributed by atoms with E-state index in [0.717, 1.165) is 24.1 Å². The van der Waals surface area contributed by atoms with Crippen molar-refractivity contribution in [2.24, 2.45) is 5.92 Å². The molecule has 25 heavy (non-hydrogen) atoms. The molecule has 2 heterocycles. The number of fused-ring (bicyclic) bond motifs is 1. The number of anilines is 1. The number of nitrogens with one attached hydrogen (secondary N) is 2. The van der Waals surface area contributed by atoms with E-state index in [9.17, 15) is 14.4 Å². The Hall–Kier alpha value is -2.12. The Balaban J connectivity index is 1.55. The van der Waals surface area contributed by atoms with Crippen molar-refractivity contribution in [2.75, 3.05) is 31.5 Å². The molecule has 8 heteroatoms. The third-order valence-electron chi connectivity index (χ3n) is 4.80. The Labute approximate surface area is 150 Å². The summed E-state index contributed by atoms with van der Waals surface area (Å²) in [7, 11) is 0. The highest BCUT2D eigenvalue weighted by Gasteiger charge is 2.38. The molecule has 1 aromatic carbocycles. The average Bonchev–Trinajstić information content (AvgIpc) is 2.88. The molecular weight excluding hydrogens is 346 g/mol. The number of carbonyl (C=O) groups is 3. The Kier molecular flexibility index (Phi) is 5.24. The molecule has 1 aromatic rings. The van der Waals surface area contributed by atoms with Crippen LogP contribution >= 0.6 is 11.6 Å². The Morgan fingerprint density at radius 1 is 1.32 bits per heavy atom. The average molecular weight is 366 g/mol. The van der Waals surface area contributed by atoms with Gasteiger partial charge in [-0.05, 0) is 49.5 Å². The fraction of sp³-hybridized carbons (Fsp3) is 0.471. The lowest BCUT2D eigenvalue weighted by Gasteiger charge is -2.33. The molecule has 2 amide bonds. The molecule has 0 aliphatic carbocycles. The van der Waals surface area contributed by atoms with E-state index >= 15 is 0 Å². The van der Waals surface area contributed by atoms with E-state index < -0.39 is 5.97 Å². The number of hydrogen-bond donors (Lipinski definition) is 3. The second kappa shape index (κ2) is 7.41. The maximum absolute atomic E-state index is 12.4. The van der Waals surface area contributed by atoms with Crippen molar-refractivity contribution >= 4 is 35.1 Å². The first-order valence-corrected chi connectivity index (χ1v) is 8.63. The maximum atomic E-state index is 12.4. The van der Waals surface area contributed by atoms with Crippen molar-refractivity contribution < 1.29 is 19.5 Å². The lowest BCUT2D eigenvalue weighted by atomic mass is 9.81. The highest BCUT2D eigenvalue weighted by atomic mass is 35.5. The van der Waals surface area contributed by atoms with Gasteiger partial charge in [0.25, 0.3) is 0 Å². The number of amides is 2. The SMILES string of the molecule is O=C(O)CNC(=O)CN1CCC(C2C(=O)Nc3cc(Cl)ccc32)CC1. The number of benzene rings is 1. The van der Waals surface area contributed by atoms with Gasteiger partial charge in [0.2, 0.25) is 11.8 Å². The first kappa shape index (κ1) is 17.7. The largest absolute Gasteiger partial charge is 0.480 e. The Bertz CT molecular complexity index is 701. The van der Waals surface area contributed by atoms with Crippen LogP contribution in [0.25, 0.3) is 0 Å². The molecular formula is C17H20ClN3O4. The van der Waals surface area contributed by atoms with Crippen molar-refractivity contribution in [3.05, 3.63) is 28.8 Å². The van der Waals surface area contributed by atoms with E-state index in [4.69, 9.17) is 16.7 Å². The van der Waals surface area contributed by atoms with Crippen LogP contribution in [0.2, 0.25) is 5.02 Å². The summed E-state index contributed by atoms with van der Waals surface area (Å²) in [5, 5.41) is 14.4. The van der Waals surface area contributed by atoms with Crippen LogP contribution in [-0.2, 0) is 14.4 Å². The molecule has 2 aliphatic heterocycles. The quantitative estimate of drug-likeness (QED) is 0.730. The van der Waals surface area contributed by atoms with Crippen LogP contribution < -0.4 is 10.6 Å². The molecule has 1 atom stereocenters. The van der Waals surface area contributed by atoms with Crippen LogP contribution in [-0.4, -0.2) is 54.0 Å². The highest BCUT2D eigenvalue weighted by molar-refractivity contribution is 6.31. The second-order valence-electron chi connectivity index (χ2n) is 6.48. The van der Waals surface area contributed by atoms with E-state index in [0.29, 0.717) is 18.1 Å². The molecule has 0 spiro atoms. The number of nitrogens with zero attached hydrogens (tertiary/aromatic N) is 1. The van der Waals surface area contributed by atoms with Crippen molar-refractivity contribution in [2.45, 2.75) is 18.8 Å². The van der Waals surface area contributed by atoms with E-state index in [2.05, 4.69) is 10.6 Å². The zero-order chi connectivity index (χ0) is 18.0. The highest BCUT2D eigenvalue weighted by Crippen LogP contribution is 2.42. The summed E-state index contributed by atoms with van der Waals surface area (Å²) in [6, 6.07) is 5.48. The molecule has 134 valence electrons. The predicted molar refractivity (Wildman–Crippen MR) is 92.6 cm³/mol. The van der Waals surface area contributed by atoms with Crippen LogP contribution in [0.4, 0.5) is 5.69 Å². The fourth-order valence-corrected chi connectivity index (χ4v) is 3.78. The van der Waals surface area contributed by atoms with Crippen LogP contribution in [0.5, 0.6) is 0 Å². The first-order valence-electron chi connectivity index (χ1n) is 8.25. The van der Waals surface area contributed by atoms with Crippen LogP contribution in [0.3, 0.4) is 0 Å². The summed E-state index contributed by atoms with van der Waals surface area (Å²) in [5.74, 6) is -1.29. The van der Waals surface area contributed by atoms with Crippen molar-refractivity contribution in [3.8, 4) is 0 Å². The monoisotopic (exact) mass is 365 g/mol. The van der Waals surface area contributed by atoms with Gasteiger partial charge in [0, 0.05) is 10.7 Å². The van der Waals surface area contributed by atoms with Crippen LogP contribution in [0.15, 0.2) is 18.2 Å². The molecule has 0 bridgehead atoms. The number of likely N-dealkylation sites (tertiary alicyclic amines) is 1. The minimum Gasteiger partial charge on any atom is -0.480 e. The third kappa shape index (κ3) is 4.11. The minimum absolute atomic E-state index is 0.00918. The molecule has 1 unspecified atom stereocenters. The number of carboxylic acid groups (broad SMARTS) is 1. The van der Waals surface area contributed by atoms with Crippen molar-refractivity contribution in [1.29, 1.82) is 0 Å². The summed E-state index contributed by atoms with van der Waals surface area (Å²) < 4.78 is 0. The van der Waals surface area contributed by atoms with E-state index in [-0.39, 0.29) is 36.7 Å². The van der Waals surface area contributed by atoms with E-state index in [1.807, 2.05) is 11.0 Å². The van der Waals surface area contributed by atoms with E-state index in [1.165, 1.54) is 0 Å². The van der Waals surface area contributed by atoms with Crippen LogP contribution in [0, 0.1) is 5.92 Å². The zero-order valence-corrected chi connectivity index (χ0v) is 14.4. The minimum atomic E-state index is -1.06. The molecule has 3 rings (SSSR count). The number of hydrogen-bond acceptors (Lipinski definition) is 4. The van der Waals surface area contributed by atoms with Gasteiger partial charge in [-0.25, -0.2) is 0 Å². The number of aliphatic carboxylic acids is 1. The summed E-state index contributed by atoms with van der Waals surface area (Å²) in [4.78, 5) is 36.5. The number of rotatable bonds is 5. The number of carbonyl (C=O) groups excluding carboxylic acids is 2. The molecule has 3 N–H and O–H groups in total. The van der Waals surface area contributed by atoms with Gasteiger partial charge in [0.05, 0.1) is 12.5 Å². The standard InChI is InChI=1S/C17H20ClN3O4/c18-11-1-2-12-13(7-11)20-17(25)16(12)10-3-5-21(6-4-10)9-14(22)19-8-15(23)24/h1-2,7,10,16H,3-6,8-9H2,(H,19,22)(H,20,25)(H,23,24). The van der Waals surface area contributed by atoms with Crippen molar-refractivity contribution in [1.82, 2.24) is 10.2 Å². The van der Waals surface area contributed by atoms with Gasteiger partial charge in [-0.3, -0.25) is 19.3 Å². The molecule has 0 radical (unpaired) electrons. The molecule has 7 nitrogen and oxygen atoms in total. The second-order valence-corrected chi connectivity index (χ2v) is 6.92. The number of halogens is 1. The normalized spacial score (nSPS) is 20.8. The fourth-order valence-electron chi connectivity index (χ4n) is 3.61. The summed E-state index contributed by atoms with van der Waals surface area (Å²) in [6.07, 6.45) is 1.62. The summed E-state index contributed by atoms with van der Waals surface area (Å²) >= 11 is 5.98. The zero-order valence-electron chi connectivity index (χ0n) is 13.6. The summed E-state index contributed by atoms with van der Waals surface area (Å²) in [6.45, 7) is 1.23. The van der Waals surface area contributed by atoms with E-state index in [1.54, 1.807) is 12.1 Å².